The third kappa shape index (κ3) is 3.10. The largest absolute Gasteiger partial charge is 0.444 e. The molecule has 0 bridgehead atoms. The van der Waals surface area contributed by atoms with Crippen LogP contribution in [0.2, 0.25) is 5.22 Å². The fourth-order valence-corrected chi connectivity index (χ4v) is 8.70. The molecule has 7 atom stereocenters. The summed E-state index contributed by atoms with van der Waals surface area (Å²) < 4.78 is 11.3. The molecule has 1 aromatic heterocycles. The first-order valence-electron chi connectivity index (χ1n) is 12.1. The molecule has 6 nitrogen and oxygen atoms in total. The summed E-state index contributed by atoms with van der Waals surface area (Å²) in [7, 11) is 0. The van der Waals surface area contributed by atoms with Crippen molar-refractivity contribution < 1.29 is 28.3 Å². The highest BCUT2D eigenvalue weighted by Crippen LogP contribution is 2.71. The van der Waals surface area contributed by atoms with Gasteiger partial charge in [-0.15, -0.1) is 23.2 Å². The van der Waals surface area contributed by atoms with Crippen LogP contribution < -0.4 is 0 Å². The Morgan fingerprint density at radius 1 is 1.19 bits per heavy atom. The molecular weight excluding hydrogens is 527 g/mol. The first kappa shape index (κ1) is 25.7. The van der Waals surface area contributed by atoms with Crippen molar-refractivity contribution in [3.8, 4) is 0 Å². The van der Waals surface area contributed by atoms with Crippen molar-refractivity contribution >= 4 is 58.1 Å². The van der Waals surface area contributed by atoms with Crippen LogP contribution in [0.4, 0.5) is 0 Å². The van der Waals surface area contributed by atoms with Gasteiger partial charge in [-0.25, -0.2) is 4.79 Å². The lowest BCUT2D eigenvalue weighted by molar-refractivity contribution is -0.169. The van der Waals surface area contributed by atoms with Gasteiger partial charge in [-0.3, -0.25) is 14.4 Å². The molecule has 3 saturated carbocycles. The maximum atomic E-state index is 14.1. The van der Waals surface area contributed by atoms with Gasteiger partial charge in [-0.1, -0.05) is 32.4 Å². The molecule has 0 saturated heterocycles. The molecule has 9 heteroatoms. The van der Waals surface area contributed by atoms with Crippen molar-refractivity contribution in [2.75, 3.05) is 5.88 Å². The Labute approximate surface area is 224 Å². The monoisotopic (exact) mass is 552 g/mol. The summed E-state index contributed by atoms with van der Waals surface area (Å²) in [4.78, 5) is 51.7. The van der Waals surface area contributed by atoms with Crippen molar-refractivity contribution in [2.45, 2.75) is 56.9 Å². The number of alkyl halides is 2. The molecule has 0 aliphatic heterocycles. The van der Waals surface area contributed by atoms with Gasteiger partial charge in [0.05, 0.1) is 5.88 Å². The van der Waals surface area contributed by atoms with Gasteiger partial charge >= 0.3 is 5.97 Å². The van der Waals surface area contributed by atoms with E-state index in [1.54, 1.807) is 12.2 Å². The van der Waals surface area contributed by atoms with E-state index in [0.29, 0.717) is 19.3 Å². The average molecular weight is 554 g/mol. The Kier molecular flexibility index (Phi) is 5.94. The number of halogens is 3. The molecule has 1 heterocycles. The molecule has 0 unspecified atom stereocenters. The molecule has 0 N–H and O–H groups in total. The van der Waals surface area contributed by atoms with Crippen LogP contribution in [0.25, 0.3) is 0 Å². The molecule has 0 amide bonds. The molecule has 1 aromatic rings. The Bertz CT molecular complexity index is 1250. The Balaban J connectivity index is 1.61. The van der Waals surface area contributed by atoms with Crippen molar-refractivity contribution in [3.05, 3.63) is 46.9 Å². The van der Waals surface area contributed by atoms with Gasteiger partial charge in [0.25, 0.3) is 0 Å². The van der Waals surface area contributed by atoms with E-state index in [2.05, 4.69) is 0 Å². The van der Waals surface area contributed by atoms with E-state index in [4.69, 9.17) is 44.0 Å². The van der Waals surface area contributed by atoms with E-state index >= 15 is 0 Å². The number of carbonyl (C=O) groups is 4. The SMILES string of the molecule is C[C@@H]1C[C@H]2[C@@H]3CCC4=CC(=O)C=C[C@]4(C)[C@@]3(Cl)C(=O)C[C@]2(C)[C@@]1(OC(=O)c1ccc(Cl)o1)C(=O)CCl. The summed E-state index contributed by atoms with van der Waals surface area (Å²) in [6, 6.07) is 2.80. The quantitative estimate of drug-likeness (QED) is 0.349. The number of hydrogen-bond acceptors (Lipinski definition) is 6. The standard InChI is InChI=1S/C27H27Cl3O6/c1-14-10-18-17-5-4-15-11-16(31)8-9-24(15,2)26(17,30)20(32)12-25(18,3)27(14,21(33)13-28)36-23(34)19-6-7-22(29)35-19/h6-9,11,14,17-18H,4-5,10,12-13H2,1-3H3/t14-,17+,18+,24+,25+,26+,27+/m1/s1. The number of rotatable bonds is 4. The van der Waals surface area contributed by atoms with Gasteiger partial charge in [0.2, 0.25) is 5.76 Å². The number of fused-ring (bicyclic) bond motifs is 5. The van der Waals surface area contributed by atoms with Crippen LogP contribution >= 0.6 is 34.8 Å². The molecular formula is C27H27Cl3O6. The Morgan fingerprint density at radius 2 is 1.92 bits per heavy atom. The van der Waals surface area contributed by atoms with Gasteiger partial charge < -0.3 is 9.15 Å². The van der Waals surface area contributed by atoms with E-state index < -0.39 is 39.0 Å². The fraction of sp³-hybridized carbons (Fsp3) is 0.556. The second kappa shape index (κ2) is 8.31. The smallest absolute Gasteiger partial charge is 0.375 e. The number of hydrogen-bond donors (Lipinski definition) is 0. The molecule has 192 valence electrons. The Morgan fingerprint density at radius 3 is 2.56 bits per heavy atom. The number of furan rings is 1. The third-order valence-corrected chi connectivity index (χ3v) is 10.8. The van der Waals surface area contributed by atoms with Crippen LogP contribution in [0.5, 0.6) is 0 Å². The van der Waals surface area contributed by atoms with Crippen molar-refractivity contribution in [1.29, 1.82) is 0 Å². The fourth-order valence-electron chi connectivity index (χ4n) is 7.85. The van der Waals surface area contributed by atoms with Crippen LogP contribution in [-0.2, 0) is 19.1 Å². The maximum absolute atomic E-state index is 14.1. The van der Waals surface area contributed by atoms with E-state index in [1.165, 1.54) is 18.2 Å². The predicted molar refractivity (Wildman–Crippen MR) is 134 cm³/mol. The summed E-state index contributed by atoms with van der Waals surface area (Å²) in [5.41, 5.74) is -2.64. The zero-order valence-corrected chi connectivity index (χ0v) is 22.5. The van der Waals surface area contributed by atoms with Gasteiger partial charge in [-0.2, -0.15) is 0 Å². The lowest BCUT2D eigenvalue weighted by Gasteiger charge is -2.61. The van der Waals surface area contributed by atoms with Gasteiger partial charge in [0.1, 0.15) is 4.87 Å². The van der Waals surface area contributed by atoms with Gasteiger partial charge in [-0.05, 0) is 67.0 Å². The van der Waals surface area contributed by atoms with E-state index in [-0.39, 0.29) is 46.7 Å². The summed E-state index contributed by atoms with van der Waals surface area (Å²) in [6.07, 6.45) is 6.48. The number of Topliss-reactive ketones (excluding diaryl/α,β-unsaturated/α-hetero) is 2. The number of allylic oxidation sites excluding steroid dienone is 4. The normalized spacial score (nSPS) is 41.3. The second-order valence-corrected chi connectivity index (χ2v) is 12.2. The second-order valence-electron chi connectivity index (χ2n) is 11.0. The predicted octanol–water partition coefficient (Wildman–Crippen LogP) is 5.73. The molecule has 4 aliphatic rings. The highest BCUT2D eigenvalue weighted by Gasteiger charge is 2.76. The number of esters is 1. The van der Waals surface area contributed by atoms with Gasteiger partial charge in [0, 0.05) is 23.2 Å². The maximum Gasteiger partial charge on any atom is 0.375 e. The summed E-state index contributed by atoms with van der Waals surface area (Å²) in [5.74, 6) is -3.05. The topological polar surface area (TPSA) is 90.7 Å². The van der Waals surface area contributed by atoms with E-state index in [0.717, 1.165) is 5.57 Å². The van der Waals surface area contributed by atoms with Crippen LogP contribution in [0, 0.1) is 28.6 Å². The molecule has 4 aliphatic carbocycles. The van der Waals surface area contributed by atoms with E-state index in [9.17, 15) is 19.2 Å². The number of ether oxygens (including phenoxy) is 1. The molecule has 0 aromatic carbocycles. The Hall–Kier alpha value is -1.89. The molecule has 0 radical (unpaired) electrons. The summed E-state index contributed by atoms with van der Waals surface area (Å²) >= 11 is 19.3. The molecule has 3 fully saturated rings. The average Bonchev–Trinajstić information content (AvgIpc) is 3.35. The van der Waals surface area contributed by atoms with Crippen LogP contribution in [-0.4, -0.2) is 39.7 Å². The minimum Gasteiger partial charge on any atom is -0.444 e. The van der Waals surface area contributed by atoms with E-state index in [1.807, 2.05) is 20.8 Å². The summed E-state index contributed by atoms with van der Waals surface area (Å²) in [6.45, 7) is 5.61. The molecule has 36 heavy (non-hydrogen) atoms. The molecule has 0 spiro atoms. The third-order valence-electron chi connectivity index (χ3n) is 9.51. The lowest BCUT2D eigenvalue weighted by Crippen LogP contribution is -2.68. The number of carbonyl (C=O) groups excluding carboxylic acids is 4. The first-order valence-corrected chi connectivity index (χ1v) is 13.4. The zero-order valence-electron chi connectivity index (χ0n) is 20.2. The lowest BCUT2D eigenvalue weighted by atomic mass is 9.46. The van der Waals surface area contributed by atoms with Crippen molar-refractivity contribution in [2.24, 2.45) is 28.6 Å². The van der Waals surface area contributed by atoms with Crippen molar-refractivity contribution in [3.63, 3.8) is 0 Å². The van der Waals surface area contributed by atoms with Crippen molar-refractivity contribution in [1.82, 2.24) is 0 Å². The molecule has 5 rings (SSSR count). The van der Waals surface area contributed by atoms with Crippen LogP contribution in [0.1, 0.15) is 57.0 Å². The highest BCUT2D eigenvalue weighted by molar-refractivity contribution is 6.37. The first-order chi connectivity index (χ1) is 16.8. The minimum absolute atomic E-state index is 0.0151. The zero-order chi connectivity index (χ0) is 26.3. The number of ketones is 3. The highest BCUT2D eigenvalue weighted by atomic mass is 35.5. The minimum atomic E-state index is -1.64. The van der Waals surface area contributed by atoms with Crippen LogP contribution in [0.15, 0.2) is 40.4 Å². The summed E-state index contributed by atoms with van der Waals surface area (Å²) in [5, 5.41) is 0.0151. The van der Waals surface area contributed by atoms with Gasteiger partial charge in [0.15, 0.2) is 28.2 Å². The van der Waals surface area contributed by atoms with Crippen LogP contribution in [0.3, 0.4) is 0 Å².